The van der Waals surface area contributed by atoms with E-state index in [1.807, 2.05) is 6.08 Å². The molecule has 2 bridgehead atoms. The van der Waals surface area contributed by atoms with Crippen LogP contribution in [0, 0.1) is 22.0 Å². The van der Waals surface area contributed by atoms with Gasteiger partial charge >= 0.3 is 0 Å². The topological polar surface area (TPSA) is 43.1 Å². The lowest BCUT2D eigenvalue weighted by Gasteiger charge is -2.21. The molecule has 0 heterocycles. The minimum Gasteiger partial charge on any atom is -0.264 e. The zero-order valence-corrected chi connectivity index (χ0v) is 6.49. The van der Waals surface area contributed by atoms with Gasteiger partial charge in [-0.15, -0.1) is 0 Å². The van der Waals surface area contributed by atoms with Crippen LogP contribution in [0.1, 0.15) is 19.8 Å². The van der Waals surface area contributed by atoms with Gasteiger partial charge in [0.2, 0.25) is 5.54 Å². The first-order valence-electron chi connectivity index (χ1n) is 3.96. The lowest BCUT2D eigenvalue weighted by Crippen LogP contribution is -2.38. The first-order chi connectivity index (χ1) is 5.13. The molecule has 0 aromatic heterocycles. The second kappa shape index (κ2) is 1.84. The molecule has 0 saturated heterocycles. The summed E-state index contributed by atoms with van der Waals surface area (Å²) in [7, 11) is 0. The Morgan fingerprint density at radius 3 is 2.64 bits per heavy atom. The van der Waals surface area contributed by atoms with Gasteiger partial charge in [0.1, 0.15) is 0 Å². The highest BCUT2D eigenvalue weighted by molar-refractivity contribution is 5.15. The molecule has 0 radical (unpaired) electrons. The van der Waals surface area contributed by atoms with Crippen LogP contribution in [0.4, 0.5) is 0 Å². The summed E-state index contributed by atoms with van der Waals surface area (Å²) in [5.74, 6) is 0.679. The van der Waals surface area contributed by atoms with Gasteiger partial charge in [-0.2, -0.15) is 0 Å². The van der Waals surface area contributed by atoms with Gasteiger partial charge < -0.3 is 0 Å². The third-order valence-electron chi connectivity index (χ3n) is 3.06. The third-order valence-corrected chi connectivity index (χ3v) is 3.06. The van der Waals surface area contributed by atoms with Crippen molar-refractivity contribution in [1.82, 2.24) is 0 Å². The quantitative estimate of drug-likeness (QED) is 0.326. The van der Waals surface area contributed by atoms with Crippen LogP contribution in [0.5, 0.6) is 0 Å². The van der Waals surface area contributed by atoms with Crippen molar-refractivity contribution in [3.8, 4) is 0 Å². The van der Waals surface area contributed by atoms with Crippen LogP contribution in [0.25, 0.3) is 0 Å². The summed E-state index contributed by atoms with van der Waals surface area (Å²) in [5.41, 5.74) is -0.653. The molecule has 1 saturated carbocycles. The minimum absolute atomic E-state index is 0.110. The Bertz CT molecular complexity index is 236. The van der Waals surface area contributed by atoms with E-state index in [9.17, 15) is 10.1 Å². The second-order valence-electron chi connectivity index (χ2n) is 3.81. The molecule has 3 heteroatoms. The number of fused-ring (bicyclic) bond motifs is 2. The molecule has 2 aliphatic rings. The molecule has 0 aromatic carbocycles. The van der Waals surface area contributed by atoms with E-state index in [4.69, 9.17) is 0 Å². The first-order valence-corrected chi connectivity index (χ1v) is 3.96. The van der Waals surface area contributed by atoms with Gasteiger partial charge in [-0.25, -0.2) is 0 Å². The third kappa shape index (κ3) is 0.737. The van der Waals surface area contributed by atoms with E-state index in [1.54, 1.807) is 6.92 Å². The van der Waals surface area contributed by atoms with Gasteiger partial charge in [0, 0.05) is 24.2 Å². The van der Waals surface area contributed by atoms with E-state index < -0.39 is 5.54 Å². The fraction of sp³-hybridized carbons (Fsp3) is 0.750. The zero-order chi connectivity index (χ0) is 8.06. The number of allylic oxidation sites excluding steroid dienone is 1. The van der Waals surface area contributed by atoms with Crippen molar-refractivity contribution >= 4 is 0 Å². The summed E-state index contributed by atoms with van der Waals surface area (Å²) >= 11 is 0. The Morgan fingerprint density at radius 2 is 2.36 bits per heavy atom. The molecule has 2 rings (SSSR count). The van der Waals surface area contributed by atoms with E-state index in [2.05, 4.69) is 6.08 Å². The normalized spacial score (nSPS) is 46.6. The predicted molar refractivity (Wildman–Crippen MR) is 40.8 cm³/mol. The Morgan fingerprint density at radius 1 is 1.64 bits per heavy atom. The van der Waals surface area contributed by atoms with Gasteiger partial charge in [-0.3, -0.25) is 10.1 Å². The highest BCUT2D eigenvalue weighted by Crippen LogP contribution is 2.47. The van der Waals surface area contributed by atoms with E-state index >= 15 is 0 Å². The van der Waals surface area contributed by atoms with Crippen molar-refractivity contribution in [1.29, 1.82) is 0 Å². The molecule has 0 spiro atoms. The zero-order valence-electron chi connectivity index (χ0n) is 6.49. The number of nitrogens with zero attached hydrogens (tertiary/aromatic N) is 1. The van der Waals surface area contributed by atoms with Crippen molar-refractivity contribution in [2.75, 3.05) is 0 Å². The second-order valence-corrected chi connectivity index (χ2v) is 3.81. The van der Waals surface area contributed by atoms with Gasteiger partial charge in [-0.1, -0.05) is 12.2 Å². The average Bonchev–Trinajstić information content (AvgIpc) is 2.45. The summed E-state index contributed by atoms with van der Waals surface area (Å²) in [6.45, 7) is 1.77. The standard InChI is InChI=1S/C8H11NO2/c1-8(9(10)11)5-6-2-3-7(8)4-6/h2-3,6-7H,4-5H2,1H3/t6-,7+,8-/m1/s1. The number of hydrogen-bond donors (Lipinski definition) is 0. The number of rotatable bonds is 1. The lowest BCUT2D eigenvalue weighted by molar-refractivity contribution is -0.570. The maximum absolute atomic E-state index is 10.7. The van der Waals surface area contributed by atoms with Crippen molar-refractivity contribution in [3.05, 3.63) is 22.3 Å². The molecule has 1 fully saturated rings. The summed E-state index contributed by atoms with van der Waals surface area (Å²) in [6.07, 6.45) is 5.87. The van der Waals surface area contributed by atoms with Crippen LogP contribution in [0.3, 0.4) is 0 Å². The molecule has 11 heavy (non-hydrogen) atoms. The van der Waals surface area contributed by atoms with E-state index in [0.29, 0.717) is 5.92 Å². The smallest absolute Gasteiger partial charge is 0.226 e. The average molecular weight is 153 g/mol. The largest absolute Gasteiger partial charge is 0.264 e. The van der Waals surface area contributed by atoms with Crippen LogP contribution in [0.2, 0.25) is 0 Å². The minimum atomic E-state index is -0.653. The van der Waals surface area contributed by atoms with Gasteiger partial charge in [0.15, 0.2) is 0 Å². The van der Waals surface area contributed by atoms with E-state index in [0.717, 1.165) is 12.8 Å². The lowest BCUT2D eigenvalue weighted by atomic mass is 9.87. The highest BCUT2D eigenvalue weighted by Gasteiger charge is 2.54. The van der Waals surface area contributed by atoms with Crippen molar-refractivity contribution in [3.63, 3.8) is 0 Å². The fourth-order valence-electron chi connectivity index (χ4n) is 2.28. The molecule has 2 aliphatic carbocycles. The molecule has 0 N–H and O–H groups in total. The Balaban J connectivity index is 2.30. The van der Waals surface area contributed by atoms with Crippen LogP contribution < -0.4 is 0 Å². The molecule has 0 amide bonds. The molecule has 3 atom stereocenters. The van der Waals surface area contributed by atoms with E-state index in [1.165, 1.54) is 0 Å². The fourth-order valence-corrected chi connectivity index (χ4v) is 2.28. The van der Waals surface area contributed by atoms with Gasteiger partial charge in [-0.05, 0) is 12.3 Å². The summed E-state index contributed by atoms with van der Waals surface area (Å²) in [5, 5.41) is 10.7. The van der Waals surface area contributed by atoms with Crippen LogP contribution in [-0.2, 0) is 0 Å². The first kappa shape index (κ1) is 6.83. The maximum Gasteiger partial charge on any atom is 0.226 e. The SMILES string of the molecule is C[C@@]1([N+](=O)[O-])C[C@@H]2C=C[C@H]1C2. The van der Waals surface area contributed by atoms with Crippen molar-refractivity contribution in [2.24, 2.45) is 11.8 Å². The van der Waals surface area contributed by atoms with Gasteiger partial charge in [0.25, 0.3) is 0 Å². The number of nitro groups is 1. The summed E-state index contributed by atoms with van der Waals surface area (Å²) < 4.78 is 0. The van der Waals surface area contributed by atoms with Crippen LogP contribution in [0.15, 0.2) is 12.2 Å². The Kier molecular flexibility index (Phi) is 1.14. The maximum atomic E-state index is 10.7. The summed E-state index contributed by atoms with van der Waals surface area (Å²) in [4.78, 5) is 10.6. The molecule has 60 valence electrons. The molecule has 0 aromatic rings. The Hall–Kier alpha value is -0.860. The van der Waals surface area contributed by atoms with Crippen LogP contribution in [-0.4, -0.2) is 10.5 Å². The predicted octanol–water partition coefficient (Wildman–Crippen LogP) is 1.62. The molecule has 3 nitrogen and oxygen atoms in total. The Labute approximate surface area is 65.2 Å². The number of hydrogen-bond acceptors (Lipinski definition) is 2. The van der Waals surface area contributed by atoms with Crippen LogP contribution >= 0.6 is 0 Å². The molecular weight excluding hydrogens is 142 g/mol. The summed E-state index contributed by atoms with van der Waals surface area (Å²) in [6, 6.07) is 0. The highest BCUT2D eigenvalue weighted by atomic mass is 16.6. The van der Waals surface area contributed by atoms with Gasteiger partial charge in [0.05, 0.1) is 0 Å². The van der Waals surface area contributed by atoms with Crippen molar-refractivity contribution < 1.29 is 4.92 Å². The van der Waals surface area contributed by atoms with Crippen molar-refractivity contribution in [2.45, 2.75) is 25.3 Å². The molecule has 0 aliphatic heterocycles. The molecular formula is C8H11NO2. The molecule has 0 unspecified atom stereocenters. The monoisotopic (exact) mass is 153 g/mol. The van der Waals surface area contributed by atoms with E-state index in [-0.39, 0.29) is 10.8 Å².